The summed E-state index contributed by atoms with van der Waals surface area (Å²) in [6.45, 7) is 5.98. The number of aryl methyl sites for hydroxylation is 1. The maximum atomic E-state index is 11.8. The molecule has 0 atom stereocenters. The average Bonchev–Trinajstić information content (AvgIpc) is 2.47. The van der Waals surface area contributed by atoms with Gasteiger partial charge in [-0.25, -0.2) is 10.5 Å². The number of carbonyl (C=O) groups excluding carboxylic acids is 1. The Bertz CT molecular complexity index is 717. The molecule has 1 aromatic carbocycles. The van der Waals surface area contributed by atoms with E-state index in [-0.39, 0.29) is 5.69 Å². The van der Waals surface area contributed by atoms with Crippen LogP contribution in [0, 0.1) is 6.92 Å². The van der Waals surface area contributed by atoms with Crippen molar-refractivity contribution in [1.82, 2.24) is 15.2 Å². The molecule has 6 heteroatoms. The number of hydrazine groups is 1. The van der Waals surface area contributed by atoms with Crippen molar-refractivity contribution < 1.29 is 4.79 Å². The lowest BCUT2D eigenvalue weighted by atomic mass is 10.0. The number of nitrogens with zero attached hydrogens (tertiary/aromatic N) is 2. The summed E-state index contributed by atoms with van der Waals surface area (Å²) < 4.78 is 1.55. The minimum atomic E-state index is -0.701. The number of rotatable bonds is 3. The van der Waals surface area contributed by atoms with Gasteiger partial charge in [-0.3, -0.25) is 15.0 Å². The minimum Gasteiger partial charge on any atom is -0.289 e. The molecule has 110 valence electrons. The summed E-state index contributed by atoms with van der Waals surface area (Å²) >= 11 is 0. The van der Waals surface area contributed by atoms with Crippen LogP contribution in [0.4, 0.5) is 0 Å². The number of amides is 1. The molecule has 0 radical (unpaired) electrons. The number of carbonyl (C=O) groups is 1. The van der Waals surface area contributed by atoms with Crippen molar-refractivity contribution >= 4 is 5.91 Å². The first-order valence-corrected chi connectivity index (χ1v) is 6.66. The molecule has 0 unspecified atom stereocenters. The Morgan fingerprint density at radius 3 is 2.43 bits per heavy atom. The van der Waals surface area contributed by atoms with Crippen LogP contribution in [0.5, 0.6) is 0 Å². The summed E-state index contributed by atoms with van der Waals surface area (Å²) in [5.74, 6) is 4.80. The van der Waals surface area contributed by atoms with Gasteiger partial charge < -0.3 is 0 Å². The van der Waals surface area contributed by atoms with Gasteiger partial charge in [-0.2, -0.15) is 5.10 Å². The van der Waals surface area contributed by atoms with Gasteiger partial charge in [0, 0.05) is 11.8 Å². The molecule has 0 saturated carbocycles. The number of aromatic nitrogens is 2. The number of hydrogen-bond acceptors (Lipinski definition) is 4. The van der Waals surface area contributed by atoms with Crippen molar-refractivity contribution in [3.8, 4) is 5.69 Å². The Morgan fingerprint density at radius 2 is 1.90 bits per heavy atom. The highest BCUT2D eigenvalue weighted by Crippen LogP contribution is 2.17. The monoisotopic (exact) mass is 286 g/mol. The second kappa shape index (κ2) is 5.88. The molecule has 2 rings (SSSR count). The first-order chi connectivity index (χ1) is 9.93. The zero-order chi connectivity index (χ0) is 15.6. The van der Waals surface area contributed by atoms with Crippen molar-refractivity contribution in [2.24, 2.45) is 5.84 Å². The van der Waals surface area contributed by atoms with Gasteiger partial charge in [0.15, 0.2) is 5.69 Å². The Kier molecular flexibility index (Phi) is 4.18. The molecule has 0 fully saturated rings. The summed E-state index contributed by atoms with van der Waals surface area (Å²) in [6, 6.07) is 9.19. The van der Waals surface area contributed by atoms with Crippen molar-refractivity contribution in [3.05, 3.63) is 57.5 Å². The molecule has 1 aromatic heterocycles. The van der Waals surface area contributed by atoms with Crippen molar-refractivity contribution in [1.29, 1.82) is 0 Å². The lowest BCUT2D eigenvalue weighted by Gasteiger charge is -2.12. The zero-order valence-corrected chi connectivity index (χ0v) is 12.3. The highest BCUT2D eigenvalue weighted by molar-refractivity contribution is 5.91. The maximum absolute atomic E-state index is 11.8. The van der Waals surface area contributed by atoms with E-state index in [1.165, 1.54) is 11.6 Å². The van der Waals surface area contributed by atoms with Crippen molar-refractivity contribution in [3.63, 3.8) is 0 Å². The molecule has 0 aliphatic carbocycles. The number of nitrogens with two attached hydrogens (primary N) is 1. The van der Waals surface area contributed by atoms with E-state index in [1.54, 1.807) is 11.6 Å². The van der Waals surface area contributed by atoms with Gasteiger partial charge in [0.2, 0.25) is 5.43 Å². The highest BCUT2D eigenvalue weighted by Gasteiger charge is 2.14. The number of benzene rings is 1. The first kappa shape index (κ1) is 14.9. The van der Waals surface area contributed by atoms with E-state index < -0.39 is 11.3 Å². The van der Waals surface area contributed by atoms with Crippen LogP contribution < -0.4 is 16.7 Å². The molecule has 2 aromatic rings. The Balaban J connectivity index is 2.53. The molecular weight excluding hydrogens is 268 g/mol. The molecule has 21 heavy (non-hydrogen) atoms. The van der Waals surface area contributed by atoms with Crippen LogP contribution >= 0.6 is 0 Å². The molecule has 0 bridgehead atoms. The molecule has 3 N–H and O–H groups in total. The molecule has 0 spiro atoms. The van der Waals surface area contributed by atoms with Crippen LogP contribution in [0.1, 0.15) is 41.5 Å². The van der Waals surface area contributed by atoms with Gasteiger partial charge in [-0.15, -0.1) is 0 Å². The van der Waals surface area contributed by atoms with E-state index in [0.717, 1.165) is 5.69 Å². The van der Waals surface area contributed by atoms with Gasteiger partial charge in [-0.1, -0.05) is 26.0 Å². The predicted octanol–water partition coefficient (Wildman–Crippen LogP) is 1.27. The SMILES string of the molecule is Cc1cc(=O)c(C(=O)NN)nn1-c1ccc(C(C)C)cc1. The van der Waals surface area contributed by atoms with E-state index in [9.17, 15) is 9.59 Å². The number of nitrogens with one attached hydrogen (secondary N) is 1. The van der Waals surface area contributed by atoms with Crippen molar-refractivity contribution in [2.75, 3.05) is 0 Å². The van der Waals surface area contributed by atoms with E-state index in [2.05, 4.69) is 18.9 Å². The van der Waals surface area contributed by atoms with Crippen LogP contribution in [0.2, 0.25) is 0 Å². The Morgan fingerprint density at radius 1 is 1.29 bits per heavy atom. The van der Waals surface area contributed by atoms with Gasteiger partial charge in [-0.05, 0) is 30.5 Å². The quantitative estimate of drug-likeness (QED) is 0.505. The minimum absolute atomic E-state index is 0.226. The Labute approximate surface area is 122 Å². The van der Waals surface area contributed by atoms with Crippen LogP contribution in [0.3, 0.4) is 0 Å². The second-order valence-electron chi connectivity index (χ2n) is 5.13. The molecule has 0 saturated heterocycles. The van der Waals surface area contributed by atoms with Gasteiger partial charge >= 0.3 is 0 Å². The molecule has 0 aliphatic rings. The fraction of sp³-hybridized carbons (Fsp3) is 0.267. The summed E-state index contributed by atoms with van der Waals surface area (Å²) in [4.78, 5) is 23.3. The second-order valence-corrected chi connectivity index (χ2v) is 5.13. The lowest BCUT2D eigenvalue weighted by molar-refractivity contribution is 0.0945. The largest absolute Gasteiger partial charge is 0.289 e. The summed E-state index contributed by atoms with van der Waals surface area (Å²) in [7, 11) is 0. The normalized spacial score (nSPS) is 10.7. The van der Waals surface area contributed by atoms with E-state index in [0.29, 0.717) is 11.6 Å². The third-order valence-electron chi connectivity index (χ3n) is 3.26. The van der Waals surface area contributed by atoms with E-state index >= 15 is 0 Å². The fourth-order valence-corrected chi connectivity index (χ4v) is 2.03. The van der Waals surface area contributed by atoms with Crippen molar-refractivity contribution in [2.45, 2.75) is 26.7 Å². The van der Waals surface area contributed by atoms with E-state index in [4.69, 9.17) is 5.84 Å². The van der Waals surface area contributed by atoms with Crippen LogP contribution in [0.25, 0.3) is 5.69 Å². The molecule has 1 heterocycles. The zero-order valence-electron chi connectivity index (χ0n) is 12.3. The van der Waals surface area contributed by atoms with Crippen LogP contribution in [-0.2, 0) is 0 Å². The Hall–Kier alpha value is -2.47. The smallest absolute Gasteiger partial charge is 0.289 e. The van der Waals surface area contributed by atoms with Crippen LogP contribution in [-0.4, -0.2) is 15.7 Å². The standard InChI is InChI=1S/C15H18N4O2/c1-9(2)11-4-6-12(7-5-11)19-10(3)8-13(20)14(18-19)15(21)17-16/h4-9H,16H2,1-3H3,(H,17,21). The lowest BCUT2D eigenvalue weighted by Crippen LogP contribution is -2.36. The van der Waals surface area contributed by atoms with Gasteiger partial charge in [0.1, 0.15) is 0 Å². The maximum Gasteiger partial charge on any atom is 0.289 e. The highest BCUT2D eigenvalue weighted by atomic mass is 16.2. The van der Waals surface area contributed by atoms with Gasteiger partial charge in [0.05, 0.1) is 5.69 Å². The average molecular weight is 286 g/mol. The third kappa shape index (κ3) is 3.00. The summed E-state index contributed by atoms with van der Waals surface area (Å²) in [5, 5.41) is 4.10. The van der Waals surface area contributed by atoms with E-state index in [1.807, 2.05) is 29.7 Å². The number of hydrogen-bond donors (Lipinski definition) is 2. The molecule has 1 amide bonds. The first-order valence-electron chi connectivity index (χ1n) is 6.66. The predicted molar refractivity (Wildman–Crippen MR) is 80.3 cm³/mol. The molecule has 0 aliphatic heterocycles. The van der Waals surface area contributed by atoms with Crippen LogP contribution in [0.15, 0.2) is 35.1 Å². The third-order valence-corrected chi connectivity index (χ3v) is 3.26. The van der Waals surface area contributed by atoms with Gasteiger partial charge in [0.25, 0.3) is 5.91 Å². The number of nitrogen functional groups attached to an aromatic ring is 1. The molecule has 6 nitrogen and oxygen atoms in total. The molecular formula is C15H18N4O2. The summed E-state index contributed by atoms with van der Waals surface area (Å²) in [6.07, 6.45) is 0. The topological polar surface area (TPSA) is 90.0 Å². The fourth-order valence-electron chi connectivity index (χ4n) is 2.03. The summed E-state index contributed by atoms with van der Waals surface area (Å²) in [5.41, 5.74) is 3.88.